The van der Waals surface area contributed by atoms with E-state index in [0.717, 1.165) is 30.5 Å². The molecule has 0 radical (unpaired) electrons. The average molecular weight is 234 g/mol. The smallest absolute Gasteiger partial charge is 0.220 e. The number of nitrogens with one attached hydrogen (secondary N) is 1. The highest BCUT2D eigenvalue weighted by molar-refractivity contribution is 5.76. The third-order valence-electron chi connectivity index (χ3n) is 2.75. The van der Waals surface area contributed by atoms with Gasteiger partial charge in [-0.2, -0.15) is 0 Å². The summed E-state index contributed by atoms with van der Waals surface area (Å²) in [5.41, 5.74) is 7.51. The number of carbonyl (C=O) groups excluding carboxylic acids is 1. The standard InChI is InChI=1S/C14H22N2O/c1-3-4-11(2)16-14(17)10-7-12-5-8-13(15)9-6-12/h5-6,8-9,11H,3-4,7,10,15H2,1-2H3,(H,16,17). The summed E-state index contributed by atoms with van der Waals surface area (Å²) in [5.74, 6) is 0.128. The Hall–Kier alpha value is -1.51. The molecule has 0 aliphatic rings. The summed E-state index contributed by atoms with van der Waals surface area (Å²) >= 11 is 0. The van der Waals surface area contributed by atoms with Crippen LogP contribution in [-0.4, -0.2) is 11.9 Å². The molecule has 3 heteroatoms. The van der Waals surface area contributed by atoms with Gasteiger partial charge in [0, 0.05) is 18.2 Å². The molecule has 0 saturated carbocycles. The molecule has 17 heavy (non-hydrogen) atoms. The number of nitrogens with two attached hydrogens (primary N) is 1. The van der Waals surface area contributed by atoms with Crippen LogP contribution in [0.4, 0.5) is 5.69 Å². The third kappa shape index (κ3) is 5.38. The van der Waals surface area contributed by atoms with Crippen LogP contribution in [0.25, 0.3) is 0 Å². The Labute approximate surface area is 103 Å². The zero-order valence-corrected chi connectivity index (χ0v) is 10.7. The summed E-state index contributed by atoms with van der Waals surface area (Å²) < 4.78 is 0. The van der Waals surface area contributed by atoms with E-state index in [1.54, 1.807) is 0 Å². The highest BCUT2D eigenvalue weighted by Crippen LogP contribution is 2.07. The molecule has 0 bridgehead atoms. The minimum atomic E-state index is 0.128. The van der Waals surface area contributed by atoms with Gasteiger partial charge in [0.15, 0.2) is 0 Å². The molecule has 0 spiro atoms. The van der Waals surface area contributed by atoms with Crippen LogP contribution >= 0.6 is 0 Å². The van der Waals surface area contributed by atoms with Gasteiger partial charge in [0.05, 0.1) is 0 Å². The van der Waals surface area contributed by atoms with Gasteiger partial charge in [0.1, 0.15) is 0 Å². The normalized spacial score (nSPS) is 12.1. The molecule has 3 N–H and O–H groups in total. The van der Waals surface area contributed by atoms with E-state index in [4.69, 9.17) is 5.73 Å². The van der Waals surface area contributed by atoms with Crippen molar-refractivity contribution < 1.29 is 4.79 Å². The number of hydrogen-bond donors (Lipinski definition) is 2. The van der Waals surface area contributed by atoms with Crippen molar-refractivity contribution >= 4 is 11.6 Å². The SMILES string of the molecule is CCCC(C)NC(=O)CCc1ccc(N)cc1. The fourth-order valence-corrected chi connectivity index (χ4v) is 1.79. The van der Waals surface area contributed by atoms with Crippen molar-refractivity contribution in [1.82, 2.24) is 5.32 Å². The zero-order valence-electron chi connectivity index (χ0n) is 10.7. The van der Waals surface area contributed by atoms with Crippen LogP contribution < -0.4 is 11.1 Å². The lowest BCUT2D eigenvalue weighted by Gasteiger charge is -2.12. The second-order valence-corrected chi connectivity index (χ2v) is 4.50. The van der Waals surface area contributed by atoms with Crippen LogP contribution in [0.2, 0.25) is 0 Å². The van der Waals surface area contributed by atoms with Gasteiger partial charge in [-0.05, 0) is 37.5 Å². The van der Waals surface area contributed by atoms with Crippen molar-refractivity contribution in [2.24, 2.45) is 0 Å². The van der Waals surface area contributed by atoms with E-state index in [-0.39, 0.29) is 11.9 Å². The Bertz CT molecular complexity index is 346. The molecule has 1 amide bonds. The number of amides is 1. The van der Waals surface area contributed by atoms with E-state index in [2.05, 4.69) is 12.2 Å². The topological polar surface area (TPSA) is 55.1 Å². The highest BCUT2D eigenvalue weighted by atomic mass is 16.1. The van der Waals surface area contributed by atoms with Crippen LogP contribution in [0, 0.1) is 0 Å². The summed E-state index contributed by atoms with van der Waals surface area (Å²) in [6.45, 7) is 4.17. The number of nitrogen functional groups attached to an aromatic ring is 1. The first kappa shape index (κ1) is 13.6. The maximum atomic E-state index is 11.6. The largest absolute Gasteiger partial charge is 0.399 e. The number of benzene rings is 1. The van der Waals surface area contributed by atoms with E-state index < -0.39 is 0 Å². The van der Waals surface area contributed by atoms with Gasteiger partial charge in [-0.3, -0.25) is 4.79 Å². The minimum Gasteiger partial charge on any atom is -0.399 e. The molecule has 1 aromatic carbocycles. The molecule has 0 heterocycles. The van der Waals surface area contributed by atoms with E-state index >= 15 is 0 Å². The number of aryl methyl sites for hydroxylation is 1. The predicted molar refractivity (Wildman–Crippen MR) is 71.7 cm³/mol. The first-order chi connectivity index (χ1) is 8.11. The summed E-state index contributed by atoms with van der Waals surface area (Å²) in [6.07, 6.45) is 3.44. The first-order valence-corrected chi connectivity index (χ1v) is 6.25. The Kier molecular flexibility index (Phi) is 5.53. The van der Waals surface area contributed by atoms with Crippen LogP contribution in [0.5, 0.6) is 0 Å². The van der Waals surface area contributed by atoms with Crippen LogP contribution in [0.1, 0.15) is 38.7 Å². The molecule has 0 saturated heterocycles. The van der Waals surface area contributed by atoms with Gasteiger partial charge < -0.3 is 11.1 Å². The van der Waals surface area contributed by atoms with Crippen molar-refractivity contribution in [1.29, 1.82) is 0 Å². The Morgan fingerprint density at radius 3 is 2.59 bits per heavy atom. The lowest BCUT2D eigenvalue weighted by molar-refractivity contribution is -0.121. The van der Waals surface area contributed by atoms with Crippen molar-refractivity contribution in [2.45, 2.75) is 45.6 Å². The summed E-state index contributed by atoms with van der Waals surface area (Å²) in [7, 11) is 0. The number of carbonyl (C=O) groups is 1. The second-order valence-electron chi connectivity index (χ2n) is 4.50. The molecular formula is C14H22N2O. The number of rotatable bonds is 6. The van der Waals surface area contributed by atoms with E-state index in [9.17, 15) is 4.79 Å². The van der Waals surface area contributed by atoms with Crippen molar-refractivity contribution in [3.63, 3.8) is 0 Å². The molecule has 1 aromatic rings. The van der Waals surface area contributed by atoms with Crippen LogP contribution in [0.15, 0.2) is 24.3 Å². The highest BCUT2D eigenvalue weighted by Gasteiger charge is 2.06. The summed E-state index contributed by atoms with van der Waals surface area (Å²) in [6, 6.07) is 7.95. The van der Waals surface area contributed by atoms with E-state index in [0.29, 0.717) is 6.42 Å². The molecule has 1 rings (SSSR count). The maximum Gasteiger partial charge on any atom is 0.220 e. The fourth-order valence-electron chi connectivity index (χ4n) is 1.79. The molecule has 3 nitrogen and oxygen atoms in total. The Morgan fingerprint density at radius 1 is 1.35 bits per heavy atom. The maximum absolute atomic E-state index is 11.6. The Morgan fingerprint density at radius 2 is 2.00 bits per heavy atom. The molecule has 94 valence electrons. The van der Waals surface area contributed by atoms with Gasteiger partial charge in [-0.25, -0.2) is 0 Å². The molecular weight excluding hydrogens is 212 g/mol. The zero-order chi connectivity index (χ0) is 12.7. The van der Waals surface area contributed by atoms with Crippen molar-refractivity contribution in [3.05, 3.63) is 29.8 Å². The molecule has 1 atom stereocenters. The van der Waals surface area contributed by atoms with Gasteiger partial charge in [0.2, 0.25) is 5.91 Å². The van der Waals surface area contributed by atoms with Gasteiger partial charge in [0.25, 0.3) is 0 Å². The molecule has 0 aliphatic carbocycles. The summed E-state index contributed by atoms with van der Waals surface area (Å²) in [4.78, 5) is 11.6. The number of anilines is 1. The Balaban J connectivity index is 2.30. The van der Waals surface area contributed by atoms with Crippen LogP contribution in [-0.2, 0) is 11.2 Å². The van der Waals surface area contributed by atoms with Crippen LogP contribution in [0.3, 0.4) is 0 Å². The minimum absolute atomic E-state index is 0.128. The fraction of sp³-hybridized carbons (Fsp3) is 0.500. The second kappa shape index (κ2) is 6.94. The van der Waals surface area contributed by atoms with Crippen molar-refractivity contribution in [3.8, 4) is 0 Å². The van der Waals surface area contributed by atoms with Gasteiger partial charge in [-0.1, -0.05) is 25.5 Å². The molecule has 1 unspecified atom stereocenters. The monoisotopic (exact) mass is 234 g/mol. The molecule has 0 fully saturated rings. The summed E-state index contributed by atoms with van der Waals surface area (Å²) in [5, 5.41) is 3.00. The number of hydrogen-bond acceptors (Lipinski definition) is 2. The van der Waals surface area contributed by atoms with E-state index in [1.165, 1.54) is 0 Å². The molecule has 0 aliphatic heterocycles. The predicted octanol–water partition coefficient (Wildman–Crippen LogP) is 2.51. The van der Waals surface area contributed by atoms with Gasteiger partial charge >= 0.3 is 0 Å². The lowest BCUT2D eigenvalue weighted by atomic mass is 10.1. The third-order valence-corrected chi connectivity index (χ3v) is 2.75. The average Bonchev–Trinajstić information content (AvgIpc) is 2.28. The lowest BCUT2D eigenvalue weighted by Crippen LogP contribution is -2.32. The first-order valence-electron chi connectivity index (χ1n) is 6.25. The van der Waals surface area contributed by atoms with Gasteiger partial charge in [-0.15, -0.1) is 0 Å². The van der Waals surface area contributed by atoms with Crippen molar-refractivity contribution in [2.75, 3.05) is 5.73 Å². The van der Waals surface area contributed by atoms with E-state index in [1.807, 2.05) is 31.2 Å². The molecule has 0 aromatic heterocycles. The quantitative estimate of drug-likeness (QED) is 0.743.